The smallest absolute Gasteiger partial charge is 0.243 e. The van der Waals surface area contributed by atoms with Gasteiger partial charge in [0.2, 0.25) is 15.9 Å². The Labute approximate surface area is 179 Å². The number of benzene rings is 2. The Morgan fingerprint density at radius 1 is 1.14 bits per heavy atom. The van der Waals surface area contributed by atoms with Crippen LogP contribution in [-0.2, 0) is 14.8 Å². The highest BCUT2D eigenvalue weighted by Gasteiger charge is 2.27. The number of hydrogen-bond donors (Lipinski definition) is 1. The average molecular weight is 457 g/mol. The first kappa shape index (κ1) is 22.1. The third-order valence-electron chi connectivity index (χ3n) is 4.64. The van der Waals surface area contributed by atoms with Crippen LogP contribution in [0.2, 0.25) is 5.02 Å². The highest BCUT2D eigenvalue weighted by Crippen LogP contribution is 2.30. The molecule has 2 aromatic carbocycles. The third-order valence-corrected chi connectivity index (χ3v) is 7.98. The Balaban J connectivity index is 1.73. The van der Waals surface area contributed by atoms with Crippen LogP contribution in [0.5, 0.6) is 0 Å². The highest BCUT2D eigenvalue weighted by atomic mass is 35.5. The van der Waals surface area contributed by atoms with Crippen molar-refractivity contribution < 1.29 is 17.6 Å². The molecule has 9 heteroatoms. The topological polar surface area (TPSA) is 66.5 Å². The molecule has 29 heavy (non-hydrogen) atoms. The molecule has 0 radical (unpaired) electrons. The fourth-order valence-electron chi connectivity index (χ4n) is 3.02. The molecule has 1 N–H and O–H groups in total. The SMILES string of the molecule is C[C@@H](Sc1ccc(F)cc1)C(=O)Nc1cc(S(=O)(=O)N2CCCCC2)ccc1Cl. The van der Waals surface area contributed by atoms with Gasteiger partial charge in [-0.3, -0.25) is 4.79 Å². The second kappa shape index (κ2) is 9.47. The molecule has 0 unspecified atom stereocenters. The summed E-state index contributed by atoms with van der Waals surface area (Å²) >= 11 is 7.46. The van der Waals surface area contributed by atoms with E-state index in [0.29, 0.717) is 13.1 Å². The van der Waals surface area contributed by atoms with Crippen LogP contribution in [0.15, 0.2) is 52.3 Å². The Morgan fingerprint density at radius 3 is 2.45 bits per heavy atom. The molecule has 1 aliphatic rings. The quantitative estimate of drug-likeness (QED) is 0.635. The minimum atomic E-state index is -3.63. The number of sulfonamides is 1. The van der Waals surface area contributed by atoms with Crippen molar-refractivity contribution in [3.05, 3.63) is 53.3 Å². The number of nitrogens with one attached hydrogen (secondary N) is 1. The monoisotopic (exact) mass is 456 g/mol. The van der Waals surface area contributed by atoms with Crippen LogP contribution in [0.4, 0.5) is 10.1 Å². The number of anilines is 1. The van der Waals surface area contributed by atoms with Crippen LogP contribution in [0, 0.1) is 5.82 Å². The van der Waals surface area contributed by atoms with Gasteiger partial charge in [-0.15, -0.1) is 11.8 Å². The van der Waals surface area contributed by atoms with Crippen LogP contribution < -0.4 is 5.32 Å². The first-order chi connectivity index (χ1) is 13.8. The van der Waals surface area contributed by atoms with Crippen molar-refractivity contribution in [1.82, 2.24) is 4.31 Å². The van der Waals surface area contributed by atoms with Gasteiger partial charge in [-0.05, 0) is 62.2 Å². The van der Waals surface area contributed by atoms with Crippen LogP contribution in [-0.4, -0.2) is 37.0 Å². The summed E-state index contributed by atoms with van der Waals surface area (Å²) in [5.74, 6) is -0.668. The molecule has 156 valence electrons. The highest BCUT2D eigenvalue weighted by molar-refractivity contribution is 8.00. The van der Waals surface area contributed by atoms with Gasteiger partial charge in [0, 0.05) is 18.0 Å². The summed E-state index contributed by atoms with van der Waals surface area (Å²) in [5.41, 5.74) is 0.251. The predicted molar refractivity (Wildman–Crippen MR) is 114 cm³/mol. The fourth-order valence-corrected chi connectivity index (χ4v) is 5.60. The minimum Gasteiger partial charge on any atom is -0.324 e. The molecule has 1 atom stereocenters. The number of carbonyl (C=O) groups is 1. The van der Waals surface area contributed by atoms with E-state index in [-0.39, 0.29) is 27.3 Å². The molecule has 1 amide bonds. The standard InChI is InChI=1S/C20H22ClFN2O3S2/c1-14(28-16-7-5-15(22)6-8-16)20(25)23-19-13-17(9-10-18(19)21)29(26,27)24-11-3-2-4-12-24/h5-10,13-14H,2-4,11-12H2,1H3,(H,23,25)/t14-/m1/s1. The number of hydrogen-bond acceptors (Lipinski definition) is 4. The van der Waals surface area contributed by atoms with E-state index in [1.165, 1.54) is 46.4 Å². The van der Waals surface area contributed by atoms with E-state index in [0.717, 1.165) is 24.2 Å². The van der Waals surface area contributed by atoms with Gasteiger partial charge < -0.3 is 5.32 Å². The van der Waals surface area contributed by atoms with E-state index in [1.807, 2.05) is 0 Å². The number of halogens is 2. The largest absolute Gasteiger partial charge is 0.324 e. The maximum absolute atomic E-state index is 13.0. The average Bonchev–Trinajstić information content (AvgIpc) is 2.71. The number of thioether (sulfide) groups is 1. The molecule has 1 aliphatic heterocycles. The lowest BCUT2D eigenvalue weighted by Gasteiger charge is -2.26. The second-order valence-electron chi connectivity index (χ2n) is 6.81. The molecular formula is C20H22ClFN2O3S2. The van der Waals surface area contributed by atoms with Gasteiger partial charge in [-0.25, -0.2) is 12.8 Å². The molecule has 0 bridgehead atoms. The van der Waals surface area contributed by atoms with E-state index < -0.39 is 15.3 Å². The zero-order valence-electron chi connectivity index (χ0n) is 15.9. The molecule has 1 saturated heterocycles. The molecule has 0 saturated carbocycles. The van der Waals surface area contributed by atoms with Crippen molar-refractivity contribution in [2.45, 2.75) is 41.2 Å². The molecule has 0 aliphatic carbocycles. The first-order valence-electron chi connectivity index (χ1n) is 9.30. The predicted octanol–water partition coefficient (Wildman–Crippen LogP) is 4.77. The van der Waals surface area contributed by atoms with Crippen molar-refractivity contribution >= 4 is 45.0 Å². The van der Waals surface area contributed by atoms with E-state index >= 15 is 0 Å². The Hall–Kier alpha value is -1.61. The lowest BCUT2D eigenvalue weighted by atomic mass is 10.2. The minimum absolute atomic E-state index is 0.109. The summed E-state index contributed by atoms with van der Waals surface area (Å²) < 4.78 is 40.2. The van der Waals surface area contributed by atoms with Gasteiger partial charge in [-0.1, -0.05) is 18.0 Å². The summed E-state index contributed by atoms with van der Waals surface area (Å²) in [5, 5.41) is 2.48. The summed E-state index contributed by atoms with van der Waals surface area (Å²) in [7, 11) is -3.63. The number of carbonyl (C=O) groups excluding carboxylic acids is 1. The summed E-state index contributed by atoms with van der Waals surface area (Å²) in [6.07, 6.45) is 2.71. The zero-order chi connectivity index (χ0) is 21.0. The van der Waals surface area contributed by atoms with Crippen molar-refractivity contribution in [1.29, 1.82) is 0 Å². The number of rotatable bonds is 6. The van der Waals surface area contributed by atoms with Gasteiger partial charge in [0.15, 0.2) is 0 Å². The number of piperidine rings is 1. The second-order valence-corrected chi connectivity index (χ2v) is 10.6. The summed E-state index contributed by atoms with van der Waals surface area (Å²) in [6, 6.07) is 10.2. The molecule has 3 rings (SSSR count). The fraction of sp³-hybridized carbons (Fsp3) is 0.350. The van der Waals surface area contributed by atoms with Gasteiger partial charge in [-0.2, -0.15) is 4.31 Å². The molecule has 1 fully saturated rings. The van der Waals surface area contributed by atoms with Gasteiger partial charge >= 0.3 is 0 Å². The molecule has 5 nitrogen and oxygen atoms in total. The normalized spacial score (nSPS) is 16.4. The third kappa shape index (κ3) is 5.51. The lowest BCUT2D eigenvalue weighted by Crippen LogP contribution is -2.35. The first-order valence-corrected chi connectivity index (χ1v) is 12.0. The molecule has 0 spiro atoms. The van der Waals surface area contributed by atoms with Crippen LogP contribution in [0.25, 0.3) is 0 Å². The zero-order valence-corrected chi connectivity index (χ0v) is 18.3. The maximum atomic E-state index is 13.0. The van der Waals surface area contributed by atoms with Gasteiger partial charge in [0.25, 0.3) is 0 Å². The van der Waals surface area contributed by atoms with Crippen molar-refractivity contribution in [3.8, 4) is 0 Å². The summed E-state index contributed by atoms with van der Waals surface area (Å²) in [6.45, 7) is 2.71. The number of amides is 1. The van der Waals surface area contributed by atoms with Crippen LogP contribution >= 0.6 is 23.4 Å². The molecular weight excluding hydrogens is 435 g/mol. The van der Waals surface area contributed by atoms with E-state index in [9.17, 15) is 17.6 Å². The Bertz CT molecular complexity index is 978. The van der Waals surface area contributed by atoms with E-state index in [4.69, 9.17) is 11.6 Å². The van der Waals surface area contributed by atoms with E-state index in [1.54, 1.807) is 19.1 Å². The van der Waals surface area contributed by atoms with E-state index in [2.05, 4.69) is 5.32 Å². The Kier molecular flexibility index (Phi) is 7.21. The van der Waals surface area contributed by atoms with Gasteiger partial charge in [0.05, 0.1) is 20.9 Å². The lowest BCUT2D eigenvalue weighted by molar-refractivity contribution is -0.115. The van der Waals surface area contributed by atoms with Crippen LogP contribution in [0.3, 0.4) is 0 Å². The van der Waals surface area contributed by atoms with Crippen molar-refractivity contribution in [2.24, 2.45) is 0 Å². The maximum Gasteiger partial charge on any atom is 0.243 e. The molecule has 0 aromatic heterocycles. The van der Waals surface area contributed by atoms with Crippen molar-refractivity contribution in [2.75, 3.05) is 18.4 Å². The van der Waals surface area contributed by atoms with Crippen molar-refractivity contribution in [3.63, 3.8) is 0 Å². The molecule has 2 aromatic rings. The number of nitrogens with zero attached hydrogens (tertiary/aromatic N) is 1. The Morgan fingerprint density at radius 2 is 1.79 bits per heavy atom. The van der Waals surface area contributed by atoms with Gasteiger partial charge in [0.1, 0.15) is 5.82 Å². The summed E-state index contributed by atoms with van der Waals surface area (Å²) in [4.78, 5) is 13.4. The molecule has 1 heterocycles. The van der Waals surface area contributed by atoms with Crippen LogP contribution in [0.1, 0.15) is 26.2 Å².